The molecule has 2 unspecified atom stereocenters. The van der Waals surface area contributed by atoms with Crippen molar-refractivity contribution < 1.29 is 14.3 Å². The Morgan fingerprint density at radius 3 is 2.17 bits per heavy atom. The summed E-state index contributed by atoms with van der Waals surface area (Å²) in [5.41, 5.74) is 2.04. The lowest BCUT2D eigenvalue weighted by molar-refractivity contribution is -0.0655. The fraction of sp³-hybridized carbons (Fsp3) is 0.684. The van der Waals surface area contributed by atoms with Crippen molar-refractivity contribution in [3.8, 4) is 5.75 Å². The van der Waals surface area contributed by atoms with Crippen LogP contribution in [0.25, 0.3) is 0 Å². The van der Waals surface area contributed by atoms with Crippen LogP contribution in [0.1, 0.15) is 39.2 Å². The van der Waals surface area contributed by atoms with Gasteiger partial charge in [0.25, 0.3) is 0 Å². The number of hydrogen-bond donors (Lipinski definition) is 1. The highest BCUT2D eigenvalue weighted by molar-refractivity contribution is 6.48. The van der Waals surface area contributed by atoms with E-state index in [1.54, 1.807) is 7.11 Å². The van der Waals surface area contributed by atoms with Gasteiger partial charge in [-0.25, -0.2) is 0 Å². The molecule has 1 aromatic rings. The standard InChI is InChI=1S/C19H34NO3Si/c1-13(19(2,3)4)16(18(21)23-24(8)9)14-11-10-12-15(20(5)6)17(14)22-7/h10-13,16,18,21H,1-9H3/t13?,16?,18-/m1/s1. The molecule has 0 aromatic heterocycles. The van der Waals surface area contributed by atoms with Crippen LogP contribution in [0.3, 0.4) is 0 Å². The van der Waals surface area contributed by atoms with E-state index < -0.39 is 15.3 Å². The Labute approximate surface area is 149 Å². The fourth-order valence-electron chi connectivity index (χ4n) is 2.90. The maximum Gasteiger partial charge on any atom is 0.208 e. The third-order valence-electron chi connectivity index (χ3n) is 4.64. The lowest BCUT2D eigenvalue weighted by Gasteiger charge is -2.38. The van der Waals surface area contributed by atoms with E-state index in [9.17, 15) is 5.11 Å². The Morgan fingerprint density at radius 2 is 1.75 bits per heavy atom. The van der Waals surface area contributed by atoms with E-state index in [1.165, 1.54) is 0 Å². The van der Waals surface area contributed by atoms with Gasteiger partial charge in [-0.2, -0.15) is 0 Å². The van der Waals surface area contributed by atoms with Crippen LogP contribution in [0.5, 0.6) is 5.75 Å². The fourth-order valence-corrected chi connectivity index (χ4v) is 3.53. The van der Waals surface area contributed by atoms with Crippen molar-refractivity contribution in [2.24, 2.45) is 11.3 Å². The number of aliphatic hydroxyl groups excluding tert-OH is 1. The highest BCUT2D eigenvalue weighted by Crippen LogP contribution is 2.45. The first-order chi connectivity index (χ1) is 11.0. The molecule has 0 aliphatic carbocycles. The van der Waals surface area contributed by atoms with Gasteiger partial charge in [0.15, 0.2) is 6.29 Å². The average molecular weight is 353 g/mol. The SMILES string of the molecule is COc1c(C(C(C)C(C)(C)C)[C@H](O)O[Si](C)C)cccc1N(C)C. The first kappa shape index (κ1) is 21.0. The highest BCUT2D eigenvalue weighted by Gasteiger charge is 2.37. The molecule has 0 amide bonds. The molecule has 3 atom stereocenters. The molecule has 0 aliphatic heterocycles. The summed E-state index contributed by atoms with van der Waals surface area (Å²) in [4.78, 5) is 2.03. The molecule has 0 aliphatic rings. The minimum absolute atomic E-state index is 0.0303. The number of para-hydroxylation sites is 1. The monoisotopic (exact) mass is 352 g/mol. The number of nitrogens with zero attached hydrogens (tertiary/aromatic N) is 1. The van der Waals surface area contributed by atoms with Crippen molar-refractivity contribution in [3.63, 3.8) is 0 Å². The van der Waals surface area contributed by atoms with Gasteiger partial charge in [0.1, 0.15) is 5.75 Å². The molecule has 0 fully saturated rings. The molecule has 0 bridgehead atoms. The van der Waals surface area contributed by atoms with Gasteiger partial charge in [-0.3, -0.25) is 0 Å². The van der Waals surface area contributed by atoms with Gasteiger partial charge in [0.2, 0.25) is 9.04 Å². The minimum Gasteiger partial charge on any atom is -0.494 e. The molecule has 0 spiro atoms. The van der Waals surface area contributed by atoms with Crippen LogP contribution in [-0.4, -0.2) is 41.6 Å². The van der Waals surface area contributed by atoms with E-state index in [0.717, 1.165) is 17.0 Å². The smallest absolute Gasteiger partial charge is 0.208 e. The lowest BCUT2D eigenvalue weighted by atomic mass is 9.71. The Kier molecular flexibility index (Phi) is 7.32. The number of ether oxygens (including phenoxy) is 1. The van der Waals surface area contributed by atoms with Crippen LogP contribution in [0, 0.1) is 11.3 Å². The predicted molar refractivity (Wildman–Crippen MR) is 103 cm³/mol. The van der Waals surface area contributed by atoms with Gasteiger partial charge in [-0.05, 0) is 30.5 Å². The summed E-state index contributed by atoms with van der Waals surface area (Å²) in [6, 6.07) is 6.10. The van der Waals surface area contributed by atoms with E-state index >= 15 is 0 Å². The molecule has 5 heteroatoms. The van der Waals surface area contributed by atoms with Gasteiger partial charge in [0.05, 0.1) is 12.8 Å². The van der Waals surface area contributed by atoms with Crippen LogP contribution < -0.4 is 9.64 Å². The minimum atomic E-state index is -1.01. The van der Waals surface area contributed by atoms with E-state index in [0.29, 0.717) is 0 Å². The van der Waals surface area contributed by atoms with Gasteiger partial charge < -0.3 is 19.2 Å². The zero-order valence-electron chi connectivity index (χ0n) is 16.7. The first-order valence-corrected chi connectivity index (χ1v) is 10.9. The van der Waals surface area contributed by atoms with Gasteiger partial charge >= 0.3 is 0 Å². The zero-order valence-corrected chi connectivity index (χ0v) is 17.7. The topological polar surface area (TPSA) is 41.9 Å². The van der Waals surface area contributed by atoms with Crippen molar-refractivity contribution in [1.29, 1.82) is 0 Å². The second-order valence-corrected chi connectivity index (χ2v) is 9.94. The van der Waals surface area contributed by atoms with Gasteiger partial charge in [0, 0.05) is 25.6 Å². The van der Waals surface area contributed by atoms with Gasteiger partial charge in [-0.15, -0.1) is 0 Å². The third kappa shape index (κ3) is 4.98. The molecule has 1 aromatic carbocycles. The quantitative estimate of drug-likeness (QED) is 0.592. The van der Waals surface area contributed by atoms with Crippen LogP contribution in [-0.2, 0) is 4.43 Å². The number of rotatable bonds is 7. The zero-order chi connectivity index (χ0) is 18.7. The summed E-state index contributed by atoms with van der Waals surface area (Å²) in [5.74, 6) is 0.868. The molecule has 1 N–H and O–H groups in total. The summed E-state index contributed by atoms with van der Waals surface area (Å²) in [7, 11) is 4.67. The maximum absolute atomic E-state index is 10.9. The Balaban J connectivity index is 3.47. The largest absolute Gasteiger partial charge is 0.494 e. The molecule has 0 heterocycles. The van der Waals surface area contributed by atoms with Gasteiger partial charge in [-0.1, -0.05) is 39.8 Å². The summed E-state index contributed by atoms with van der Waals surface area (Å²) in [6.45, 7) is 12.9. The normalized spacial score (nSPS) is 16.0. The molecular weight excluding hydrogens is 318 g/mol. The van der Waals surface area contributed by atoms with E-state index in [-0.39, 0.29) is 17.3 Å². The van der Waals surface area contributed by atoms with Crippen molar-refractivity contribution >= 4 is 14.7 Å². The highest BCUT2D eigenvalue weighted by atomic mass is 28.3. The second-order valence-electron chi connectivity index (χ2n) is 7.89. The number of benzene rings is 1. The Hall–Kier alpha value is -1.04. The van der Waals surface area contributed by atoms with E-state index in [1.807, 2.05) is 50.3 Å². The van der Waals surface area contributed by atoms with Crippen molar-refractivity contribution in [3.05, 3.63) is 23.8 Å². The molecular formula is C19H34NO3Si. The Bertz CT molecular complexity index is 526. The lowest BCUT2D eigenvalue weighted by Crippen LogP contribution is -2.36. The number of anilines is 1. The van der Waals surface area contributed by atoms with E-state index in [4.69, 9.17) is 9.16 Å². The average Bonchev–Trinajstić information content (AvgIpc) is 2.45. The summed E-state index contributed by atoms with van der Waals surface area (Å²) >= 11 is 0. The molecule has 0 saturated carbocycles. The van der Waals surface area contributed by atoms with Crippen molar-refractivity contribution in [2.75, 3.05) is 26.1 Å². The maximum atomic E-state index is 10.9. The van der Waals surface area contributed by atoms with Crippen molar-refractivity contribution in [2.45, 2.75) is 53.0 Å². The molecule has 4 nitrogen and oxygen atoms in total. The summed E-state index contributed by atoms with van der Waals surface area (Å²) in [5, 5.41) is 10.9. The first-order valence-electron chi connectivity index (χ1n) is 8.49. The molecule has 24 heavy (non-hydrogen) atoms. The van der Waals surface area contributed by atoms with Crippen LogP contribution in [0.15, 0.2) is 18.2 Å². The Morgan fingerprint density at radius 1 is 1.17 bits per heavy atom. The third-order valence-corrected chi connectivity index (χ3v) is 5.35. The number of aliphatic hydroxyl groups is 1. The van der Waals surface area contributed by atoms with E-state index in [2.05, 4.69) is 27.7 Å². The summed E-state index contributed by atoms with van der Waals surface area (Å²) in [6.07, 6.45) is -0.838. The predicted octanol–water partition coefficient (Wildman–Crippen LogP) is 4.11. The molecule has 1 radical (unpaired) electrons. The number of methoxy groups -OCH3 is 1. The molecule has 1 rings (SSSR count). The van der Waals surface area contributed by atoms with Crippen LogP contribution >= 0.6 is 0 Å². The van der Waals surface area contributed by atoms with Crippen molar-refractivity contribution in [1.82, 2.24) is 0 Å². The van der Waals surface area contributed by atoms with Crippen LogP contribution in [0.4, 0.5) is 5.69 Å². The number of hydrogen-bond acceptors (Lipinski definition) is 4. The molecule has 137 valence electrons. The van der Waals surface area contributed by atoms with Crippen LogP contribution in [0.2, 0.25) is 13.1 Å². The molecule has 0 saturated heterocycles. The second kappa shape index (κ2) is 8.36. The summed E-state index contributed by atoms with van der Waals surface area (Å²) < 4.78 is 11.6.